The van der Waals surface area contributed by atoms with Crippen molar-refractivity contribution in [2.24, 2.45) is 5.41 Å². The van der Waals surface area contributed by atoms with Crippen LogP contribution in [0.15, 0.2) is 0 Å². The standard InChI is InChI=1S/C13H29N3/c1-13(2,3)6-8-14-7-5-12-11-15-9-10-16(12)4/h12,14-15H,5-11H2,1-4H3. The molecular formula is C13H29N3. The molecule has 0 saturated carbocycles. The first-order valence-corrected chi connectivity index (χ1v) is 6.61. The zero-order chi connectivity index (χ0) is 12.0. The van der Waals surface area contributed by atoms with Crippen LogP contribution in [0.25, 0.3) is 0 Å². The Morgan fingerprint density at radius 1 is 1.31 bits per heavy atom. The van der Waals surface area contributed by atoms with Crippen LogP contribution >= 0.6 is 0 Å². The second-order valence-electron chi connectivity index (χ2n) is 6.19. The SMILES string of the molecule is CN1CCNCC1CCNCCC(C)(C)C. The summed E-state index contributed by atoms with van der Waals surface area (Å²) in [7, 11) is 2.24. The van der Waals surface area contributed by atoms with E-state index in [0.717, 1.165) is 32.2 Å². The van der Waals surface area contributed by atoms with Crippen molar-refractivity contribution in [1.29, 1.82) is 0 Å². The molecule has 96 valence electrons. The molecule has 2 N–H and O–H groups in total. The molecule has 3 nitrogen and oxygen atoms in total. The number of rotatable bonds is 5. The van der Waals surface area contributed by atoms with E-state index in [0.29, 0.717) is 5.41 Å². The van der Waals surface area contributed by atoms with E-state index in [-0.39, 0.29) is 0 Å². The third-order valence-electron chi connectivity index (χ3n) is 3.35. The quantitative estimate of drug-likeness (QED) is 0.693. The summed E-state index contributed by atoms with van der Waals surface area (Å²) in [6.07, 6.45) is 2.51. The molecule has 0 radical (unpaired) electrons. The Kier molecular flexibility index (Phi) is 5.73. The van der Waals surface area contributed by atoms with Gasteiger partial charge in [-0.1, -0.05) is 20.8 Å². The van der Waals surface area contributed by atoms with Gasteiger partial charge in [0.25, 0.3) is 0 Å². The van der Waals surface area contributed by atoms with E-state index in [1.807, 2.05) is 0 Å². The van der Waals surface area contributed by atoms with Gasteiger partial charge < -0.3 is 15.5 Å². The monoisotopic (exact) mass is 227 g/mol. The fourth-order valence-corrected chi connectivity index (χ4v) is 2.04. The summed E-state index contributed by atoms with van der Waals surface area (Å²) >= 11 is 0. The van der Waals surface area contributed by atoms with Gasteiger partial charge in [-0.15, -0.1) is 0 Å². The van der Waals surface area contributed by atoms with Crippen LogP contribution in [0.5, 0.6) is 0 Å². The Morgan fingerprint density at radius 3 is 2.69 bits per heavy atom. The normalized spacial score (nSPS) is 23.6. The second kappa shape index (κ2) is 6.58. The molecule has 0 aliphatic carbocycles. The highest BCUT2D eigenvalue weighted by Crippen LogP contribution is 2.16. The fourth-order valence-electron chi connectivity index (χ4n) is 2.04. The molecule has 16 heavy (non-hydrogen) atoms. The number of nitrogens with zero attached hydrogens (tertiary/aromatic N) is 1. The molecule has 0 aromatic heterocycles. The average molecular weight is 227 g/mol. The Labute approximate surface area is 101 Å². The van der Waals surface area contributed by atoms with Gasteiger partial charge in [0.15, 0.2) is 0 Å². The van der Waals surface area contributed by atoms with Crippen LogP contribution in [-0.2, 0) is 0 Å². The molecule has 0 amide bonds. The van der Waals surface area contributed by atoms with Crippen LogP contribution in [0, 0.1) is 5.41 Å². The van der Waals surface area contributed by atoms with Crippen molar-refractivity contribution in [2.45, 2.75) is 39.7 Å². The van der Waals surface area contributed by atoms with Crippen LogP contribution < -0.4 is 10.6 Å². The van der Waals surface area contributed by atoms with E-state index >= 15 is 0 Å². The first kappa shape index (κ1) is 13.9. The number of likely N-dealkylation sites (N-methyl/N-ethyl adjacent to an activating group) is 1. The van der Waals surface area contributed by atoms with E-state index in [1.54, 1.807) is 0 Å². The molecular weight excluding hydrogens is 198 g/mol. The van der Waals surface area contributed by atoms with Crippen LogP contribution in [0.1, 0.15) is 33.6 Å². The predicted molar refractivity (Wildman–Crippen MR) is 70.8 cm³/mol. The molecule has 0 aromatic rings. The van der Waals surface area contributed by atoms with Crippen molar-refractivity contribution in [1.82, 2.24) is 15.5 Å². The topological polar surface area (TPSA) is 27.3 Å². The molecule has 1 rings (SSSR count). The van der Waals surface area contributed by atoms with E-state index < -0.39 is 0 Å². The Balaban J connectivity index is 2.02. The molecule has 0 bridgehead atoms. The molecule has 3 heteroatoms. The summed E-state index contributed by atoms with van der Waals surface area (Å²) in [5.41, 5.74) is 0.455. The van der Waals surface area contributed by atoms with Crippen molar-refractivity contribution in [2.75, 3.05) is 39.8 Å². The average Bonchev–Trinajstić information content (AvgIpc) is 2.18. The molecule has 0 aromatic carbocycles. The highest BCUT2D eigenvalue weighted by Gasteiger charge is 2.17. The van der Waals surface area contributed by atoms with E-state index in [4.69, 9.17) is 0 Å². The third-order valence-corrected chi connectivity index (χ3v) is 3.35. The minimum atomic E-state index is 0.455. The molecule has 1 aliphatic rings. The maximum atomic E-state index is 3.56. The van der Waals surface area contributed by atoms with Crippen molar-refractivity contribution in [3.8, 4) is 0 Å². The van der Waals surface area contributed by atoms with Gasteiger partial charge in [0.05, 0.1) is 0 Å². The number of nitrogens with one attached hydrogen (secondary N) is 2. The van der Waals surface area contributed by atoms with Crippen LogP contribution in [0.4, 0.5) is 0 Å². The minimum absolute atomic E-state index is 0.455. The van der Waals surface area contributed by atoms with Gasteiger partial charge in [-0.3, -0.25) is 0 Å². The van der Waals surface area contributed by atoms with E-state index in [2.05, 4.69) is 43.4 Å². The van der Waals surface area contributed by atoms with Gasteiger partial charge in [0, 0.05) is 25.7 Å². The highest BCUT2D eigenvalue weighted by molar-refractivity contribution is 4.77. The zero-order valence-corrected chi connectivity index (χ0v) is 11.5. The lowest BCUT2D eigenvalue weighted by Crippen LogP contribution is -2.50. The first-order valence-electron chi connectivity index (χ1n) is 6.61. The predicted octanol–water partition coefficient (Wildman–Crippen LogP) is 1.31. The summed E-state index contributed by atoms with van der Waals surface area (Å²) in [6, 6.07) is 0.718. The smallest absolute Gasteiger partial charge is 0.0230 e. The van der Waals surface area contributed by atoms with Crippen molar-refractivity contribution in [3.05, 3.63) is 0 Å². The summed E-state index contributed by atoms with van der Waals surface area (Å²) in [5, 5.41) is 7.02. The van der Waals surface area contributed by atoms with E-state index in [9.17, 15) is 0 Å². The molecule has 1 aliphatic heterocycles. The Hall–Kier alpha value is -0.120. The number of hydrogen-bond donors (Lipinski definition) is 2. The van der Waals surface area contributed by atoms with Gasteiger partial charge in [0.2, 0.25) is 0 Å². The summed E-state index contributed by atoms with van der Waals surface area (Å²) in [5.74, 6) is 0. The van der Waals surface area contributed by atoms with Crippen molar-refractivity contribution < 1.29 is 0 Å². The number of hydrogen-bond acceptors (Lipinski definition) is 3. The van der Waals surface area contributed by atoms with Crippen LogP contribution in [-0.4, -0.2) is 50.7 Å². The fraction of sp³-hybridized carbons (Fsp3) is 1.00. The maximum absolute atomic E-state index is 3.56. The van der Waals surface area contributed by atoms with Crippen molar-refractivity contribution in [3.63, 3.8) is 0 Å². The lowest BCUT2D eigenvalue weighted by Gasteiger charge is -2.33. The molecule has 1 saturated heterocycles. The zero-order valence-electron chi connectivity index (χ0n) is 11.5. The molecule has 1 atom stereocenters. The molecule has 1 fully saturated rings. The summed E-state index contributed by atoms with van der Waals surface area (Å²) in [4.78, 5) is 2.47. The Morgan fingerprint density at radius 2 is 2.06 bits per heavy atom. The minimum Gasteiger partial charge on any atom is -0.317 e. The third kappa shape index (κ3) is 5.83. The first-order chi connectivity index (χ1) is 7.49. The van der Waals surface area contributed by atoms with Crippen molar-refractivity contribution >= 4 is 0 Å². The van der Waals surface area contributed by atoms with Gasteiger partial charge >= 0.3 is 0 Å². The summed E-state index contributed by atoms with van der Waals surface area (Å²) in [6.45, 7) is 12.7. The van der Waals surface area contributed by atoms with Gasteiger partial charge in [-0.25, -0.2) is 0 Å². The van der Waals surface area contributed by atoms with Crippen LogP contribution in [0.3, 0.4) is 0 Å². The summed E-state index contributed by atoms with van der Waals surface area (Å²) < 4.78 is 0. The van der Waals surface area contributed by atoms with E-state index in [1.165, 1.54) is 19.4 Å². The van der Waals surface area contributed by atoms with Gasteiger partial charge in [-0.05, 0) is 38.4 Å². The second-order valence-corrected chi connectivity index (χ2v) is 6.19. The van der Waals surface area contributed by atoms with Crippen LogP contribution in [0.2, 0.25) is 0 Å². The lowest BCUT2D eigenvalue weighted by molar-refractivity contribution is 0.189. The molecule has 0 spiro atoms. The van der Waals surface area contributed by atoms with Gasteiger partial charge in [0.1, 0.15) is 0 Å². The molecule has 1 unspecified atom stereocenters. The van der Waals surface area contributed by atoms with Gasteiger partial charge in [-0.2, -0.15) is 0 Å². The molecule has 1 heterocycles. The lowest BCUT2D eigenvalue weighted by atomic mass is 9.92. The number of piperazine rings is 1. The Bertz CT molecular complexity index is 186. The largest absolute Gasteiger partial charge is 0.317 e. The maximum Gasteiger partial charge on any atom is 0.0230 e. The highest BCUT2D eigenvalue weighted by atomic mass is 15.2.